The normalized spacial score (nSPS) is 9.30. The molecular weight excluding hydrogens is 343 g/mol. The van der Waals surface area contributed by atoms with Gasteiger partial charge in [-0.1, -0.05) is 0 Å². The van der Waals surface area contributed by atoms with Crippen molar-refractivity contribution >= 4 is 11.6 Å². The maximum atomic E-state index is 10.2. The Kier molecular flexibility index (Phi) is 36.4. The van der Waals surface area contributed by atoms with E-state index in [1.165, 1.54) is 26.8 Å². The molecule has 6 nitrogen and oxygen atoms in total. The largest absolute Gasteiger partial charge is 0.512 e. The Balaban J connectivity index is -0.0000000622. The van der Waals surface area contributed by atoms with Gasteiger partial charge in [-0.2, -0.15) is 0 Å². The average molecular weight is 369 g/mol. The van der Waals surface area contributed by atoms with Crippen LogP contribution in [0.2, 0.25) is 0 Å². The van der Waals surface area contributed by atoms with E-state index in [2.05, 4.69) is 4.74 Å². The second-order valence-electron chi connectivity index (χ2n) is 2.92. The minimum Gasteiger partial charge on any atom is -0.512 e. The van der Waals surface area contributed by atoms with Crippen LogP contribution in [-0.4, -0.2) is 40.6 Å². The van der Waals surface area contributed by atoms with Gasteiger partial charge in [0.15, 0.2) is 11.6 Å². The summed E-state index contributed by atoms with van der Waals surface area (Å²) in [5.41, 5.74) is 0. The molecule has 0 spiro atoms. The first-order valence-corrected chi connectivity index (χ1v) is 5.16. The first kappa shape index (κ1) is 31.4. The predicted molar refractivity (Wildman–Crippen MR) is 74.6 cm³/mol. The van der Waals surface area contributed by atoms with Gasteiger partial charge in [0.05, 0.1) is 18.4 Å². The quantitative estimate of drug-likeness (QED) is 0.399. The van der Waals surface area contributed by atoms with E-state index in [1.807, 2.05) is 0 Å². The van der Waals surface area contributed by atoms with Crippen molar-refractivity contribution < 1.29 is 55.8 Å². The number of carbonyl (C=O) groups excluding carboxylic acids is 2. The van der Waals surface area contributed by atoms with Crippen LogP contribution in [0.5, 0.6) is 0 Å². The van der Waals surface area contributed by atoms with Crippen molar-refractivity contribution in [2.75, 3.05) is 13.7 Å². The van der Waals surface area contributed by atoms with Crippen molar-refractivity contribution in [1.29, 1.82) is 0 Å². The number of ketones is 2. The van der Waals surface area contributed by atoms with Gasteiger partial charge in [0.1, 0.15) is 0 Å². The Morgan fingerprint density at radius 1 is 1.00 bits per heavy atom. The molecule has 0 aliphatic carbocycles. The second kappa shape index (κ2) is 23.2. The average Bonchev–Trinajstić information content (AvgIpc) is 2.18. The summed E-state index contributed by atoms with van der Waals surface area (Å²) >= 11 is 0. The summed E-state index contributed by atoms with van der Waals surface area (Å²) in [6.07, 6.45) is 2.20. The van der Waals surface area contributed by atoms with Crippen LogP contribution in [0.4, 0.5) is 0 Å². The van der Waals surface area contributed by atoms with E-state index < -0.39 is 0 Å². The summed E-state index contributed by atoms with van der Waals surface area (Å²) in [6.45, 7) is 6.29. The Labute approximate surface area is 140 Å². The molecule has 0 bridgehead atoms. The van der Waals surface area contributed by atoms with Crippen LogP contribution in [0.1, 0.15) is 27.7 Å². The topological polar surface area (TPSA) is 104 Å². The number of allylic oxidation sites excluding steroid dienone is 3. The fourth-order valence-corrected chi connectivity index (χ4v) is 0.658. The van der Waals surface area contributed by atoms with Gasteiger partial charge in [-0.3, -0.25) is 9.59 Å². The molecule has 0 aromatic rings. The number of hydrogen-bond donors (Lipinski definition) is 3. The molecule has 0 aromatic carbocycles. The van der Waals surface area contributed by atoms with Gasteiger partial charge in [-0.05, 0) is 27.7 Å². The molecule has 0 aliphatic rings. The monoisotopic (exact) mass is 367 g/mol. The third kappa shape index (κ3) is 43.5. The molecule has 0 saturated heterocycles. The molecule has 0 heterocycles. The van der Waals surface area contributed by atoms with Crippen LogP contribution >= 0.6 is 0 Å². The number of hydrogen-bond acceptors (Lipinski definition) is 6. The van der Waals surface area contributed by atoms with Crippen molar-refractivity contribution in [2.45, 2.75) is 27.7 Å². The second-order valence-corrected chi connectivity index (χ2v) is 2.92. The van der Waals surface area contributed by atoms with Crippen molar-refractivity contribution in [3.63, 3.8) is 0 Å². The standard InChI is InChI=1S/C6H10O3.C5H8O2.CH4O.CH3.Zr/c1-3-9-6(8)4-5(2)7;1-4(6)3-5(2)7;1-2;;/h4,8H,3H2,1-2H3;3,6H,1-2H3;2H,1H3;1H3;/q;;;-1;. The molecule has 0 aliphatic heterocycles. The number of rotatable bonds is 4. The molecule has 0 saturated carbocycles. The third-order valence-corrected chi connectivity index (χ3v) is 1.03. The molecule has 118 valence electrons. The minimum atomic E-state index is -0.315. The zero-order chi connectivity index (χ0) is 15.1. The molecule has 0 fully saturated rings. The van der Waals surface area contributed by atoms with Crippen molar-refractivity contribution in [1.82, 2.24) is 0 Å². The predicted octanol–water partition coefficient (Wildman–Crippen LogP) is 2.10. The van der Waals surface area contributed by atoms with Gasteiger partial charge >= 0.3 is 0 Å². The van der Waals surface area contributed by atoms with Crippen LogP contribution < -0.4 is 0 Å². The van der Waals surface area contributed by atoms with Gasteiger partial charge in [0, 0.05) is 39.4 Å². The van der Waals surface area contributed by atoms with Gasteiger partial charge in [-0.15, -0.1) is 0 Å². The Bertz CT molecular complexity index is 293. The van der Waals surface area contributed by atoms with Gasteiger partial charge in [0.25, 0.3) is 5.95 Å². The molecule has 0 radical (unpaired) electrons. The van der Waals surface area contributed by atoms with E-state index in [0.717, 1.165) is 13.2 Å². The molecule has 20 heavy (non-hydrogen) atoms. The minimum absolute atomic E-state index is 0. The summed E-state index contributed by atoms with van der Waals surface area (Å²) in [5, 5.41) is 24.0. The molecule has 7 heteroatoms. The molecule has 0 amide bonds. The first-order valence-electron chi connectivity index (χ1n) is 5.16. The number of ether oxygens (including phenoxy) is 1. The molecule has 0 unspecified atom stereocenters. The maximum absolute atomic E-state index is 10.2. The zero-order valence-electron chi connectivity index (χ0n) is 12.9. The van der Waals surface area contributed by atoms with Crippen molar-refractivity contribution in [2.24, 2.45) is 0 Å². The van der Waals surface area contributed by atoms with E-state index in [0.29, 0.717) is 6.61 Å². The van der Waals surface area contributed by atoms with E-state index in [4.69, 9.17) is 15.3 Å². The van der Waals surface area contributed by atoms with Gasteiger partial charge in [-0.25, -0.2) is 0 Å². The molecule has 3 N–H and O–H groups in total. The van der Waals surface area contributed by atoms with E-state index in [1.54, 1.807) is 6.92 Å². The van der Waals surface area contributed by atoms with Crippen LogP contribution in [0.15, 0.2) is 23.9 Å². The van der Waals surface area contributed by atoms with E-state index in [-0.39, 0.29) is 56.9 Å². The summed E-state index contributed by atoms with van der Waals surface area (Å²) in [5.74, 6) is -0.599. The molecule has 0 aromatic heterocycles. The Morgan fingerprint density at radius 2 is 1.35 bits per heavy atom. The molecule has 0 atom stereocenters. The molecule has 0 rings (SSSR count). The number of aliphatic hydroxyl groups excluding tert-OH is 3. The van der Waals surface area contributed by atoms with Gasteiger partial charge in [0.2, 0.25) is 0 Å². The molecular formula is C13H25O6Zr-. The summed E-state index contributed by atoms with van der Waals surface area (Å²) < 4.78 is 4.55. The van der Waals surface area contributed by atoms with Crippen LogP contribution in [0.25, 0.3) is 0 Å². The summed E-state index contributed by atoms with van der Waals surface area (Å²) in [6, 6.07) is 0. The van der Waals surface area contributed by atoms with Crippen molar-refractivity contribution in [3.8, 4) is 0 Å². The zero-order valence-corrected chi connectivity index (χ0v) is 15.4. The number of carbonyl (C=O) groups is 2. The van der Waals surface area contributed by atoms with Crippen LogP contribution in [0, 0.1) is 7.43 Å². The SMILES string of the molecule is CC(=O)C=C(C)O.CCOC(O)=CC(C)=O.CO.[CH3-].[Zr]. The third-order valence-electron chi connectivity index (χ3n) is 1.03. The van der Waals surface area contributed by atoms with E-state index >= 15 is 0 Å². The first-order chi connectivity index (χ1) is 8.29. The van der Waals surface area contributed by atoms with Crippen LogP contribution in [-0.2, 0) is 40.5 Å². The van der Waals surface area contributed by atoms with Crippen molar-refractivity contribution in [3.05, 3.63) is 31.3 Å². The smallest absolute Gasteiger partial charge is 0.280 e. The van der Waals surface area contributed by atoms with Gasteiger partial charge < -0.3 is 27.5 Å². The summed E-state index contributed by atoms with van der Waals surface area (Å²) in [7, 11) is 1.00. The fourth-order valence-electron chi connectivity index (χ4n) is 0.658. The summed E-state index contributed by atoms with van der Waals surface area (Å²) in [4.78, 5) is 20.2. The Morgan fingerprint density at radius 3 is 1.50 bits per heavy atom. The van der Waals surface area contributed by atoms with E-state index in [9.17, 15) is 9.59 Å². The maximum Gasteiger partial charge on any atom is 0.280 e. The number of aliphatic hydroxyl groups is 3. The Hall–Kier alpha value is -0.937. The fraction of sp³-hybridized carbons (Fsp3) is 0.462. The van der Waals surface area contributed by atoms with Crippen LogP contribution in [0.3, 0.4) is 0 Å².